The topological polar surface area (TPSA) is 92.2 Å². The summed E-state index contributed by atoms with van der Waals surface area (Å²) >= 11 is 0. The Morgan fingerprint density at radius 1 is 1.24 bits per heavy atom. The third-order valence-corrected chi connectivity index (χ3v) is 3.21. The zero-order valence-corrected chi connectivity index (χ0v) is 11.6. The highest BCUT2D eigenvalue weighted by Gasteiger charge is 2.12. The summed E-state index contributed by atoms with van der Waals surface area (Å²) in [5.74, 6) is -1.37. The molecule has 0 aliphatic rings. The zero-order chi connectivity index (χ0) is 15.4. The van der Waals surface area contributed by atoms with Crippen LogP contribution in [-0.2, 0) is 6.42 Å². The van der Waals surface area contributed by atoms with Crippen LogP contribution in [0.1, 0.15) is 35.7 Å². The molecule has 2 N–H and O–H groups in total. The van der Waals surface area contributed by atoms with Gasteiger partial charge in [0.25, 0.3) is 5.56 Å². The number of H-pyrrole nitrogens is 1. The molecule has 0 saturated carbocycles. The van der Waals surface area contributed by atoms with E-state index in [1.165, 1.54) is 0 Å². The van der Waals surface area contributed by atoms with Crippen molar-refractivity contribution in [3.05, 3.63) is 62.4 Å². The molecule has 0 bridgehead atoms. The van der Waals surface area contributed by atoms with Gasteiger partial charge in [0, 0.05) is 6.20 Å². The largest absolute Gasteiger partial charge is 0.477 e. The van der Waals surface area contributed by atoms with Crippen LogP contribution >= 0.6 is 0 Å². The smallest absolute Gasteiger partial charge is 0.342 e. The molecule has 2 rings (SSSR count). The van der Waals surface area contributed by atoms with Gasteiger partial charge in [0.15, 0.2) is 0 Å². The molecule has 0 spiro atoms. The van der Waals surface area contributed by atoms with Crippen LogP contribution in [0.5, 0.6) is 0 Å². The van der Waals surface area contributed by atoms with Crippen LogP contribution in [-0.4, -0.2) is 20.6 Å². The number of aryl methyl sites for hydroxylation is 1. The molecule has 0 aliphatic carbocycles. The number of aromatic amines is 1. The second-order valence-electron chi connectivity index (χ2n) is 4.75. The number of carboxylic acids is 1. The maximum Gasteiger partial charge on any atom is 0.342 e. The highest BCUT2D eigenvalue weighted by Crippen LogP contribution is 2.10. The number of hydrogen-bond donors (Lipinski definition) is 2. The van der Waals surface area contributed by atoms with Gasteiger partial charge in [-0.3, -0.25) is 14.3 Å². The molecule has 0 unspecified atom stereocenters. The lowest BCUT2D eigenvalue weighted by Gasteiger charge is -2.07. The summed E-state index contributed by atoms with van der Waals surface area (Å²) in [6.45, 7) is 2.11. The maximum atomic E-state index is 11.8. The number of rotatable bonds is 5. The molecule has 0 amide bonds. The monoisotopic (exact) mass is 288 g/mol. The second kappa shape index (κ2) is 6.21. The fourth-order valence-corrected chi connectivity index (χ4v) is 2.02. The first-order valence-electron chi connectivity index (χ1n) is 6.71. The van der Waals surface area contributed by atoms with Crippen molar-refractivity contribution in [1.29, 1.82) is 0 Å². The molecule has 6 nitrogen and oxygen atoms in total. The van der Waals surface area contributed by atoms with Crippen LogP contribution in [0, 0.1) is 0 Å². The minimum absolute atomic E-state index is 0.468. The first kappa shape index (κ1) is 14.8. The van der Waals surface area contributed by atoms with Crippen molar-refractivity contribution in [3.8, 4) is 5.69 Å². The highest BCUT2D eigenvalue weighted by molar-refractivity contribution is 5.86. The molecule has 1 aromatic heterocycles. The van der Waals surface area contributed by atoms with Gasteiger partial charge in [0.2, 0.25) is 0 Å². The first-order valence-corrected chi connectivity index (χ1v) is 6.71. The summed E-state index contributed by atoms with van der Waals surface area (Å²) in [6.07, 6.45) is 4.19. The number of aromatic carboxylic acids is 1. The number of benzene rings is 1. The number of aromatic nitrogens is 2. The Balaban J connectivity index is 2.42. The quantitative estimate of drug-likeness (QED) is 0.873. The van der Waals surface area contributed by atoms with E-state index < -0.39 is 22.8 Å². The van der Waals surface area contributed by atoms with Crippen molar-refractivity contribution in [2.24, 2.45) is 0 Å². The molecule has 21 heavy (non-hydrogen) atoms. The number of unbranched alkanes of at least 4 members (excludes halogenated alkanes) is 1. The molecule has 1 aromatic carbocycles. The Hall–Kier alpha value is -2.63. The molecular weight excluding hydrogens is 272 g/mol. The molecule has 0 fully saturated rings. The van der Waals surface area contributed by atoms with Crippen LogP contribution in [0.4, 0.5) is 0 Å². The Kier molecular flexibility index (Phi) is 4.37. The van der Waals surface area contributed by atoms with Crippen LogP contribution in [0.15, 0.2) is 40.1 Å². The lowest BCUT2D eigenvalue weighted by molar-refractivity contribution is 0.0694. The molecule has 0 saturated heterocycles. The molecule has 0 aliphatic heterocycles. The summed E-state index contributed by atoms with van der Waals surface area (Å²) in [6, 6.07) is 7.25. The van der Waals surface area contributed by atoms with Gasteiger partial charge in [-0.1, -0.05) is 25.5 Å². The van der Waals surface area contributed by atoms with E-state index >= 15 is 0 Å². The standard InChI is InChI=1S/C15H16N2O4/c1-2-3-4-10-5-7-11(8-6-10)17-9-12(14(19)20)13(18)16-15(17)21/h5-9H,2-4H2,1H3,(H,19,20)(H,16,18,21). The van der Waals surface area contributed by atoms with E-state index in [0.29, 0.717) is 5.69 Å². The van der Waals surface area contributed by atoms with Crippen molar-refractivity contribution >= 4 is 5.97 Å². The Morgan fingerprint density at radius 2 is 1.90 bits per heavy atom. The van der Waals surface area contributed by atoms with E-state index in [1.54, 1.807) is 12.1 Å². The number of nitrogens with one attached hydrogen (secondary N) is 1. The molecule has 0 atom stereocenters. The van der Waals surface area contributed by atoms with Gasteiger partial charge in [-0.15, -0.1) is 0 Å². The lowest BCUT2D eigenvalue weighted by Crippen LogP contribution is -2.32. The Bertz CT molecular complexity index is 756. The van der Waals surface area contributed by atoms with Gasteiger partial charge in [0.05, 0.1) is 5.69 Å². The van der Waals surface area contributed by atoms with Crippen molar-refractivity contribution in [1.82, 2.24) is 9.55 Å². The molecule has 1 heterocycles. The highest BCUT2D eigenvalue weighted by atomic mass is 16.4. The summed E-state index contributed by atoms with van der Waals surface area (Å²) in [5, 5.41) is 8.93. The van der Waals surface area contributed by atoms with E-state index in [1.807, 2.05) is 17.1 Å². The summed E-state index contributed by atoms with van der Waals surface area (Å²) < 4.78 is 1.12. The average molecular weight is 288 g/mol. The van der Waals surface area contributed by atoms with Gasteiger partial charge in [-0.2, -0.15) is 0 Å². The maximum absolute atomic E-state index is 11.8. The normalized spacial score (nSPS) is 10.5. The zero-order valence-electron chi connectivity index (χ0n) is 11.6. The van der Waals surface area contributed by atoms with E-state index in [2.05, 4.69) is 6.92 Å². The SMILES string of the molecule is CCCCc1ccc(-n2cc(C(=O)O)c(=O)[nH]c2=O)cc1. The minimum Gasteiger partial charge on any atom is -0.477 e. The summed E-state index contributed by atoms with van der Waals surface area (Å²) in [5.41, 5.74) is -0.366. The van der Waals surface area contributed by atoms with Crippen LogP contribution in [0.25, 0.3) is 5.69 Å². The van der Waals surface area contributed by atoms with Crippen molar-refractivity contribution in [2.45, 2.75) is 26.2 Å². The fraction of sp³-hybridized carbons (Fsp3) is 0.267. The number of carboxylic acid groups (broad SMARTS) is 1. The Morgan fingerprint density at radius 3 is 2.48 bits per heavy atom. The first-order chi connectivity index (χ1) is 10.0. The lowest BCUT2D eigenvalue weighted by atomic mass is 10.1. The Labute approximate surface area is 120 Å². The van der Waals surface area contributed by atoms with Gasteiger partial charge in [0.1, 0.15) is 5.56 Å². The number of nitrogens with zero attached hydrogens (tertiary/aromatic N) is 1. The van der Waals surface area contributed by atoms with Gasteiger partial charge in [-0.25, -0.2) is 9.59 Å². The van der Waals surface area contributed by atoms with Crippen molar-refractivity contribution in [3.63, 3.8) is 0 Å². The molecule has 2 aromatic rings. The summed E-state index contributed by atoms with van der Waals surface area (Å²) in [7, 11) is 0. The predicted molar refractivity (Wildman–Crippen MR) is 78.2 cm³/mol. The van der Waals surface area contributed by atoms with E-state index in [0.717, 1.165) is 35.6 Å². The third kappa shape index (κ3) is 3.28. The molecule has 110 valence electrons. The van der Waals surface area contributed by atoms with Crippen LogP contribution in [0.3, 0.4) is 0 Å². The molecule has 6 heteroatoms. The van der Waals surface area contributed by atoms with Gasteiger partial charge in [-0.05, 0) is 30.5 Å². The van der Waals surface area contributed by atoms with Gasteiger partial charge >= 0.3 is 11.7 Å². The summed E-state index contributed by atoms with van der Waals surface area (Å²) in [4.78, 5) is 36.1. The number of carbonyl (C=O) groups is 1. The van der Waals surface area contributed by atoms with Gasteiger partial charge < -0.3 is 5.11 Å². The van der Waals surface area contributed by atoms with Crippen molar-refractivity contribution < 1.29 is 9.90 Å². The third-order valence-electron chi connectivity index (χ3n) is 3.21. The second-order valence-corrected chi connectivity index (χ2v) is 4.75. The average Bonchev–Trinajstić information content (AvgIpc) is 2.45. The predicted octanol–water partition coefficient (Wildman–Crippen LogP) is 1.57. The molecule has 0 radical (unpaired) electrons. The van der Waals surface area contributed by atoms with Crippen molar-refractivity contribution in [2.75, 3.05) is 0 Å². The van der Waals surface area contributed by atoms with Crippen LogP contribution in [0.2, 0.25) is 0 Å². The fourth-order valence-electron chi connectivity index (χ4n) is 2.02. The van der Waals surface area contributed by atoms with E-state index in [4.69, 9.17) is 5.11 Å². The molecular formula is C15H16N2O4. The van der Waals surface area contributed by atoms with E-state index in [-0.39, 0.29) is 0 Å². The number of hydrogen-bond acceptors (Lipinski definition) is 3. The van der Waals surface area contributed by atoms with E-state index in [9.17, 15) is 14.4 Å². The van der Waals surface area contributed by atoms with Crippen LogP contribution < -0.4 is 11.2 Å². The minimum atomic E-state index is -1.37.